The summed E-state index contributed by atoms with van der Waals surface area (Å²) in [5.74, 6) is 0.728. The highest BCUT2D eigenvalue weighted by atomic mass is 16.5. The van der Waals surface area contributed by atoms with Gasteiger partial charge in [0.15, 0.2) is 0 Å². The summed E-state index contributed by atoms with van der Waals surface area (Å²) in [5, 5.41) is 3.11. The molecule has 1 aliphatic heterocycles. The van der Waals surface area contributed by atoms with Crippen LogP contribution in [0.1, 0.15) is 63.4 Å². The van der Waals surface area contributed by atoms with Crippen molar-refractivity contribution in [1.29, 1.82) is 0 Å². The van der Waals surface area contributed by atoms with E-state index >= 15 is 0 Å². The maximum atomic E-state index is 13.5. The van der Waals surface area contributed by atoms with Crippen molar-refractivity contribution in [3.05, 3.63) is 78.1 Å². The fraction of sp³-hybridized carbons (Fsp3) is 0.382. The number of benzene rings is 3. The lowest BCUT2D eigenvalue weighted by Gasteiger charge is -2.27. The highest BCUT2D eigenvalue weighted by molar-refractivity contribution is 6.03. The molecule has 4 aromatic rings. The molecule has 0 bridgehead atoms. The van der Waals surface area contributed by atoms with Gasteiger partial charge in [0, 0.05) is 18.8 Å². The molecular formula is C34H40N4O3. The smallest absolute Gasteiger partial charge is 0.340 e. The highest BCUT2D eigenvalue weighted by Gasteiger charge is 2.30. The van der Waals surface area contributed by atoms with Gasteiger partial charge in [0.1, 0.15) is 6.33 Å². The molecule has 0 spiro atoms. The summed E-state index contributed by atoms with van der Waals surface area (Å²) in [6, 6.07) is 19.6. The van der Waals surface area contributed by atoms with Crippen LogP contribution in [0.5, 0.6) is 0 Å². The first-order valence-corrected chi connectivity index (χ1v) is 14.5. The number of hydrogen-bond acceptors (Lipinski definition) is 4. The van der Waals surface area contributed by atoms with Gasteiger partial charge in [-0.15, -0.1) is 0 Å². The number of methoxy groups -OCH3 is 1. The Labute approximate surface area is 242 Å². The molecule has 1 aromatic heterocycles. The average molecular weight is 553 g/mol. The number of nitrogens with one attached hydrogen (secondary N) is 1. The second-order valence-corrected chi connectivity index (χ2v) is 12.1. The monoisotopic (exact) mass is 552 g/mol. The van der Waals surface area contributed by atoms with E-state index in [1.54, 1.807) is 6.33 Å². The molecule has 2 atom stereocenters. The number of anilines is 1. The van der Waals surface area contributed by atoms with Crippen LogP contribution in [0.15, 0.2) is 67.0 Å². The minimum atomic E-state index is -0.416. The Morgan fingerprint density at radius 2 is 1.85 bits per heavy atom. The number of urea groups is 1. The van der Waals surface area contributed by atoms with Crippen LogP contribution in [-0.2, 0) is 10.2 Å². The second-order valence-electron chi connectivity index (χ2n) is 12.1. The predicted molar refractivity (Wildman–Crippen MR) is 165 cm³/mol. The number of likely N-dealkylation sites (tertiary alicyclic amines) is 1. The Morgan fingerprint density at radius 3 is 2.54 bits per heavy atom. The first-order valence-electron chi connectivity index (χ1n) is 14.5. The molecule has 7 heteroatoms. The Bertz CT molecular complexity index is 1570. The van der Waals surface area contributed by atoms with Crippen molar-refractivity contribution in [3.63, 3.8) is 0 Å². The SMILES string of the molecule is CCC(C)C1CCN(C(=O)Nc2ccc3ncn(-c4c(C(C)(C)C)ccc(-c5ccccc5)c4C(=O)OC)c3c2)C1. The van der Waals surface area contributed by atoms with Crippen molar-refractivity contribution in [3.8, 4) is 16.8 Å². The van der Waals surface area contributed by atoms with Crippen molar-refractivity contribution in [2.45, 2.75) is 52.9 Å². The van der Waals surface area contributed by atoms with Crippen molar-refractivity contribution < 1.29 is 14.3 Å². The first-order chi connectivity index (χ1) is 19.6. The number of imidazole rings is 1. The molecule has 0 radical (unpaired) electrons. The van der Waals surface area contributed by atoms with Gasteiger partial charge in [-0.1, -0.05) is 83.5 Å². The number of fused-ring (bicyclic) bond motifs is 1. The van der Waals surface area contributed by atoms with Crippen LogP contribution in [0.3, 0.4) is 0 Å². The van der Waals surface area contributed by atoms with Crippen LogP contribution < -0.4 is 5.32 Å². The van der Waals surface area contributed by atoms with Crippen molar-refractivity contribution in [2.24, 2.45) is 11.8 Å². The summed E-state index contributed by atoms with van der Waals surface area (Å²) in [4.78, 5) is 33.3. The van der Waals surface area contributed by atoms with Gasteiger partial charge in [-0.25, -0.2) is 14.6 Å². The third kappa shape index (κ3) is 5.58. The van der Waals surface area contributed by atoms with Crippen LogP contribution >= 0.6 is 0 Å². The maximum Gasteiger partial charge on any atom is 0.340 e. The fourth-order valence-corrected chi connectivity index (χ4v) is 5.85. The molecule has 0 aliphatic carbocycles. The molecule has 7 nitrogen and oxygen atoms in total. The second kappa shape index (κ2) is 11.4. The number of hydrogen-bond donors (Lipinski definition) is 1. The van der Waals surface area contributed by atoms with Crippen LogP contribution in [0.2, 0.25) is 0 Å². The molecule has 1 aliphatic rings. The van der Waals surface area contributed by atoms with E-state index in [2.05, 4.69) is 51.0 Å². The molecule has 3 aromatic carbocycles. The average Bonchev–Trinajstić information content (AvgIpc) is 3.63. The molecule has 1 fully saturated rings. The number of amides is 2. The van der Waals surface area contributed by atoms with Crippen molar-refractivity contribution >= 4 is 28.7 Å². The van der Waals surface area contributed by atoms with Gasteiger partial charge in [-0.05, 0) is 58.6 Å². The van der Waals surface area contributed by atoms with Crippen molar-refractivity contribution in [2.75, 3.05) is 25.5 Å². The van der Waals surface area contributed by atoms with E-state index in [1.807, 2.05) is 64.1 Å². The normalized spacial score (nSPS) is 16.1. The molecule has 41 heavy (non-hydrogen) atoms. The highest BCUT2D eigenvalue weighted by Crippen LogP contribution is 2.38. The van der Waals surface area contributed by atoms with Gasteiger partial charge in [-0.2, -0.15) is 0 Å². The van der Waals surface area contributed by atoms with E-state index in [-0.39, 0.29) is 11.4 Å². The molecule has 1 N–H and O–H groups in total. The number of nitrogens with zero attached hydrogens (tertiary/aromatic N) is 3. The van der Waals surface area contributed by atoms with Gasteiger partial charge in [-0.3, -0.25) is 4.57 Å². The summed E-state index contributed by atoms with van der Waals surface area (Å²) in [5.41, 5.74) is 5.87. The molecule has 0 saturated carbocycles. The Hall–Kier alpha value is -4.13. The molecule has 2 unspecified atom stereocenters. The van der Waals surface area contributed by atoms with Gasteiger partial charge in [0.25, 0.3) is 0 Å². The largest absolute Gasteiger partial charge is 0.465 e. The minimum Gasteiger partial charge on any atom is -0.465 e. The molecule has 2 amide bonds. The Balaban J connectivity index is 1.61. The summed E-state index contributed by atoms with van der Waals surface area (Å²) in [7, 11) is 1.41. The van der Waals surface area contributed by atoms with E-state index < -0.39 is 5.97 Å². The fourth-order valence-electron chi connectivity index (χ4n) is 5.85. The van der Waals surface area contributed by atoms with E-state index in [0.29, 0.717) is 23.1 Å². The third-order valence-corrected chi connectivity index (χ3v) is 8.46. The minimum absolute atomic E-state index is 0.0853. The Morgan fingerprint density at radius 1 is 1.10 bits per heavy atom. The lowest BCUT2D eigenvalue weighted by atomic mass is 9.82. The van der Waals surface area contributed by atoms with E-state index in [0.717, 1.165) is 59.3 Å². The number of esters is 1. The van der Waals surface area contributed by atoms with Gasteiger partial charge < -0.3 is 15.0 Å². The molecule has 214 valence electrons. The lowest BCUT2D eigenvalue weighted by molar-refractivity contribution is 0.0601. The quantitative estimate of drug-likeness (QED) is 0.249. The van der Waals surface area contributed by atoms with Crippen LogP contribution in [0, 0.1) is 11.8 Å². The van der Waals surface area contributed by atoms with Gasteiger partial charge >= 0.3 is 12.0 Å². The molecule has 2 heterocycles. The van der Waals surface area contributed by atoms with Crippen LogP contribution in [0.4, 0.5) is 10.5 Å². The zero-order valence-electron chi connectivity index (χ0n) is 24.9. The first kappa shape index (κ1) is 28.4. The standard InChI is InChI=1S/C34H40N4O3/c1-7-22(2)24-17-18-37(20-24)33(40)36-25-13-16-28-29(19-25)38(21-35-28)31-27(34(3,4)5)15-14-26(30(31)32(39)41-6)23-11-9-8-10-12-23/h8-16,19,21-22,24H,7,17-18,20H2,1-6H3,(H,36,40). The van der Waals surface area contributed by atoms with Crippen LogP contribution in [0.25, 0.3) is 27.8 Å². The maximum absolute atomic E-state index is 13.5. The zero-order chi connectivity index (χ0) is 29.3. The summed E-state index contributed by atoms with van der Waals surface area (Å²) in [6.07, 6.45) is 3.91. The summed E-state index contributed by atoms with van der Waals surface area (Å²) < 4.78 is 7.31. The van der Waals surface area contributed by atoms with Crippen molar-refractivity contribution in [1.82, 2.24) is 14.5 Å². The Kier molecular flexibility index (Phi) is 7.89. The number of rotatable bonds is 6. The number of carbonyl (C=O) groups excluding carboxylic acids is 2. The summed E-state index contributed by atoms with van der Waals surface area (Å²) >= 11 is 0. The molecular weight excluding hydrogens is 512 g/mol. The predicted octanol–water partition coefficient (Wildman–Crippen LogP) is 7.68. The lowest BCUT2D eigenvalue weighted by Crippen LogP contribution is -2.33. The van der Waals surface area contributed by atoms with E-state index in [9.17, 15) is 9.59 Å². The molecule has 5 rings (SSSR count). The number of carbonyl (C=O) groups is 2. The zero-order valence-corrected chi connectivity index (χ0v) is 24.9. The van der Waals surface area contributed by atoms with Crippen LogP contribution in [-0.4, -0.2) is 46.7 Å². The number of ether oxygens (including phenoxy) is 1. The summed E-state index contributed by atoms with van der Waals surface area (Å²) in [6.45, 7) is 12.4. The van der Waals surface area contributed by atoms with Gasteiger partial charge in [0.2, 0.25) is 0 Å². The number of aromatic nitrogens is 2. The third-order valence-electron chi connectivity index (χ3n) is 8.46. The molecule has 1 saturated heterocycles. The van der Waals surface area contributed by atoms with E-state index in [4.69, 9.17) is 4.74 Å². The van der Waals surface area contributed by atoms with Gasteiger partial charge in [0.05, 0.1) is 29.4 Å². The van der Waals surface area contributed by atoms with E-state index in [1.165, 1.54) is 7.11 Å². The topological polar surface area (TPSA) is 76.5 Å².